The van der Waals surface area contributed by atoms with Gasteiger partial charge in [0.25, 0.3) is 0 Å². The first-order valence-electron chi connectivity index (χ1n) is 12.8. The molecule has 0 aliphatic carbocycles. The van der Waals surface area contributed by atoms with Crippen LogP contribution >= 0.6 is 15.9 Å². The van der Waals surface area contributed by atoms with Crippen molar-refractivity contribution in [3.8, 4) is 0 Å². The van der Waals surface area contributed by atoms with E-state index in [1.165, 1.54) is 4.90 Å². The van der Waals surface area contributed by atoms with E-state index < -0.39 is 28.5 Å². The quantitative estimate of drug-likeness (QED) is 0.330. The number of aryl methyl sites for hydroxylation is 2. The Kier molecular flexibility index (Phi) is 10.3. The minimum atomic E-state index is -3.81. The van der Waals surface area contributed by atoms with Crippen LogP contribution in [0.4, 0.5) is 5.69 Å². The number of sulfonamides is 1. The van der Waals surface area contributed by atoms with E-state index in [0.29, 0.717) is 5.69 Å². The van der Waals surface area contributed by atoms with E-state index in [9.17, 15) is 18.0 Å². The second kappa shape index (κ2) is 13.3. The molecule has 0 bridgehead atoms. The molecule has 3 aromatic carbocycles. The lowest BCUT2D eigenvalue weighted by Gasteiger charge is -2.34. The van der Waals surface area contributed by atoms with Crippen molar-refractivity contribution in [2.75, 3.05) is 17.1 Å². The summed E-state index contributed by atoms with van der Waals surface area (Å²) in [6.45, 7) is 7.18. The van der Waals surface area contributed by atoms with Crippen LogP contribution < -0.4 is 9.62 Å². The standard InChI is InChI=1S/C30H36BrN3O4S/c1-21(2)32-30(36)28(18-24-10-7-6-8-11-24)33(19-25-12-9-13-26(31)17-25)29(35)20-34(39(5,37)38)27-15-22(3)14-23(4)16-27/h6-17,21,28H,18-20H2,1-5H3,(H,32,36)/t28-/m0/s1. The average Bonchev–Trinajstić information content (AvgIpc) is 2.83. The smallest absolute Gasteiger partial charge is 0.244 e. The molecular weight excluding hydrogens is 578 g/mol. The molecule has 0 unspecified atom stereocenters. The Balaban J connectivity index is 2.07. The molecular formula is C30H36BrN3O4S. The molecule has 39 heavy (non-hydrogen) atoms. The van der Waals surface area contributed by atoms with Gasteiger partial charge in [-0.1, -0.05) is 64.5 Å². The molecule has 3 aromatic rings. The molecule has 7 nitrogen and oxygen atoms in total. The van der Waals surface area contributed by atoms with Gasteiger partial charge in [0, 0.05) is 23.5 Å². The topological polar surface area (TPSA) is 86.8 Å². The molecule has 0 spiro atoms. The first kappa shape index (κ1) is 30.4. The summed E-state index contributed by atoms with van der Waals surface area (Å²) in [7, 11) is -3.81. The molecule has 1 N–H and O–H groups in total. The molecule has 0 radical (unpaired) electrons. The Labute approximate surface area is 240 Å². The van der Waals surface area contributed by atoms with Crippen LogP contribution in [0.1, 0.15) is 36.1 Å². The number of nitrogens with one attached hydrogen (secondary N) is 1. The Bertz CT molecular complexity index is 1390. The minimum absolute atomic E-state index is 0.131. The van der Waals surface area contributed by atoms with Gasteiger partial charge in [-0.15, -0.1) is 0 Å². The highest BCUT2D eigenvalue weighted by Gasteiger charge is 2.33. The number of amides is 2. The van der Waals surface area contributed by atoms with Gasteiger partial charge in [-0.3, -0.25) is 13.9 Å². The van der Waals surface area contributed by atoms with Crippen molar-refractivity contribution < 1.29 is 18.0 Å². The van der Waals surface area contributed by atoms with Gasteiger partial charge in [0.15, 0.2) is 0 Å². The molecule has 0 aliphatic rings. The number of hydrogen-bond acceptors (Lipinski definition) is 4. The van der Waals surface area contributed by atoms with Gasteiger partial charge in [0.1, 0.15) is 12.6 Å². The van der Waals surface area contributed by atoms with Gasteiger partial charge in [-0.2, -0.15) is 0 Å². The Morgan fingerprint density at radius 3 is 2.08 bits per heavy atom. The Morgan fingerprint density at radius 1 is 0.897 bits per heavy atom. The zero-order valence-corrected chi connectivity index (χ0v) is 25.4. The molecule has 0 heterocycles. The fourth-order valence-corrected chi connectivity index (χ4v) is 5.75. The fourth-order valence-electron chi connectivity index (χ4n) is 4.48. The van der Waals surface area contributed by atoms with E-state index in [-0.39, 0.29) is 24.9 Å². The Hall–Kier alpha value is -3.17. The van der Waals surface area contributed by atoms with Gasteiger partial charge in [0.05, 0.1) is 11.9 Å². The zero-order chi connectivity index (χ0) is 28.7. The SMILES string of the molecule is Cc1cc(C)cc(N(CC(=O)N(Cc2cccc(Br)c2)[C@@H](Cc2ccccc2)C(=O)NC(C)C)S(C)(=O)=O)c1. The van der Waals surface area contributed by atoms with Crippen molar-refractivity contribution >= 4 is 43.5 Å². The summed E-state index contributed by atoms with van der Waals surface area (Å²) in [5.41, 5.74) is 3.89. The lowest BCUT2D eigenvalue weighted by atomic mass is 10.0. The second-order valence-corrected chi connectivity index (χ2v) is 13.0. The van der Waals surface area contributed by atoms with E-state index in [1.54, 1.807) is 12.1 Å². The van der Waals surface area contributed by atoms with Gasteiger partial charge < -0.3 is 10.2 Å². The molecule has 0 fully saturated rings. The number of halogens is 1. The van der Waals surface area contributed by atoms with Crippen LogP contribution in [0.3, 0.4) is 0 Å². The van der Waals surface area contributed by atoms with Gasteiger partial charge >= 0.3 is 0 Å². The molecule has 1 atom stereocenters. The summed E-state index contributed by atoms with van der Waals surface area (Å²) >= 11 is 3.48. The first-order chi connectivity index (χ1) is 18.3. The van der Waals surface area contributed by atoms with E-state index in [1.807, 2.05) is 88.4 Å². The van der Waals surface area contributed by atoms with Crippen molar-refractivity contribution in [3.63, 3.8) is 0 Å². The molecule has 2 amide bonds. The summed E-state index contributed by atoms with van der Waals surface area (Å²) in [5.74, 6) is -0.770. The van der Waals surface area contributed by atoms with Crippen molar-refractivity contribution in [1.82, 2.24) is 10.2 Å². The number of carbonyl (C=O) groups is 2. The molecule has 0 saturated carbocycles. The predicted molar refractivity (Wildman–Crippen MR) is 160 cm³/mol. The van der Waals surface area contributed by atoms with Gasteiger partial charge in [-0.05, 0) is 74.2 Å². The normalized spacial score (nSPS) is 12.2. The molecule has 0 saturated heterocycles. The van der Waals surface area contributed by atoms with Crippen molar-refractivity contribution in [2.24, 2.45) is 0 Å². The predicted octanol–water partition coefficient (Wildman–Crippen LogP) is 5.00. The maximum atomic E-state index is 14.1. The third-order valence-corrected chi connectivity index (χ3v) is 7.75. The number of hydrogen-bond donors (Lipinski definition) is 1. The number of rotatable bonds is 11. The Morgan fingerprint density at radius 2 is 1.51 bits per heavy atom. The highest BCUT2D eigenvalue weighted by molar-refractivity contribution is 9.10. The molecule has 0 aliphatic heterocycles. The lowest BCUT2D eigenvalue weighted by molar-refractivity contribution is -0.140. The number of carbonyl (C=O) groups excluding carboxylic acids is 2. The summed E-state index contributed by atoms with van der Waals surface area (Å²) in [4.78, 5) is 29.1. The molecule has 3 rings (SSSR count). The summed E-state index contributed by atoms with van der Waals surface area (Å²) in [5, 5.41) is 2.95. The van der Waals surface area contributed by atoms with Crippen LogP contribution in [0.15, 0.2) is 77.3 Å². The molecule has 0 aromatic heterocycles. The van der Waals surface area contributed by atoms with Crippen LogP contribution in [0.5, 0.6) is 0 Å². The van der Waals surface area contributed by atoms with E-state index in [0.717, 1.165) is 37.3 Å². The van der Waals surface area contributed by atoms with Gasteiger partial charge in [0.2, 0.25) is 21.8 Å². The molecule has 9 heteroatoms. The monoisotopic (exact) mass is 613 g/mol. The molecule has 208 valence electrons. The highest BCUT2D eigenvalue weighted by atomic mass is 79.9. The summed E-state index contributed by atoms with van der Waals surface area (Å²) in [6, 6.07) is 21.4. The van der Waals surface area contributed by atoms with Crippen molar-refractivity contribution in [2.45, 2.75) is 52.7 Å². The van der Waals surface area contributed by atoms with Crippen LogP contribution in [0.2, 0.25) is 0 Å². The average molecular weight is 615 g/mol. The second-order valence-electron chi connectivity index (χ2n) is 10.1. The third kappa shape index (κ3) is 8.93. The van der Waals surface area contributed by atoms with Crippen LogP contribution in [0, 0.1) is 13.8 Å². The van der Waals surface area contributed by atoms with Crippen LogP contribution in [-0.4, -0.2) is 50.0 Å². The lowest BCUT2D eigenvalue weighted by Crippen LogP contribution is -2.54. The summed E-state index contributed by atoms with van der Waals surface area (Å²) in [6.07, 6.45) is 1.37. The number of nitrogens with zero attached hydrogens (tertiary/aromatic N) is 2. The third-order valence-electron chi connectivity index (χ3n) is 6.12. The first-order valence-corrected chi connectivity index (χ1v) is 15.4. The van der Waals surface area contributed by atoms with Crippen LogP contribution in [0.25, 0.3) is 0 Å². The minimum Gasteiger partial charge on any atom is -0.352 e. The summed E-state index contributed by atoms with van der Waals surface area (Å²) < 4.78 is 27.8. The van der Waals surface area contributed by atoms with Gasteiger partial charge in [-0.25, -0.2) is 8.42 Å². The number of benzene rings is 3. The zero-order valence-electron chi connectivity index (χ0n) is 23.0. The van der Waals surface area contributed by atoms with E-state index in [2.05, 4.69) is 21.2 Å². The largest absolute Gasteiger partial charge is 0.352 e. The van der Waals surface area contributed by atoms with Crippen LogP contribution in [-0.2, 0) is 32.6 Å². The number of anilines is 1. The van der Waals surface area contributed by atoms with Crippen molar-refractivity contribution in [3.05, 3.63) is 99.5 Å². The highest BCUT2D eigenvalue weighted by Crippen LogP contribution is 2.23. The van der Waals surface area contributed by atoms with Crippen molar-refractivity contribution in [1.29, 1.82) is 0 Å². The van der Waals surface area contributed by atoms with E-state index in [4.69, 9.17) is 0 Å². The maximum absolute atomic E-state index is 14.1. The van der Waals surface area contributed by atoms with E-state index >= 15 is 0 Å². The fraction of sp³-hybridized carbons (Fsp3) is 0.333. The maximum Gasteiger partial charge on any atom is 0.244 e.